The zero-order valence-electron chi connectivity index (χ0n) is 17.5. The van der Waals surface area contributed by atoms with Gasteiger partial charge in [-0.2, -0.15) is 5.01 Å². The Morgan fingerprint density at radius 3 is 2.21 bits per heavy atom. The van der Waals surface area contributed by atoms with E-state index in [1.165, 1.54) is 10.7 Å². The summed E-state index contributed by atoms with van der Waals surface area (Å²) in [6, 6.07) is 17.7. The third-order valence-corrected chi connectivity index (χ3v) is 4.68. The molecule has 0 N–H and O–H groups in total. The number of hydrazone groups is 1. The predicted molar refractivity (Wildman–Crippen MR) is 120 cm³/mol. The summed E-state index contributed by atoms with van der Waals surface area (Å²) in [7, 11) is 0. The number of hydrogen-bond donors (Lipinski definition) is 0. The Kier molecular flexibility index (Phi) is 7.06. The van der Waals surface area contributed by atoms with Gasteiger partial charge in [-0.15, -0.1) is 5.10 Å². The molecule has 0 radical (unpaired) electrons. The zero-order chi connectivity index (χ0) is 20.6. The molecule has 1 aliphatic rings. The summed E-state index contributed by atoms with van der Waals surface area (Å²) in [5, 5.41) is 5.80. The summed E-state index contributed by atoms with van der Waals surface area (Å²) >= 11 is 0. The number of anilines is 2. The minimum absolute atomic E-state index is 0.178. The van der Waals surface area contributed by atoms with Crippen LogP contribution in [0, 0.1) is 0 Å². The Bertz CT molecular complexity index is 867. The summed E-state index contributed by atoms with van der Waals surface area (Å²) in [6.07, 6.45) is 4.08. The Hall–Kier alpha value is -3.08. The number of hydrogen-bond acceptors (Lipinski definition) is 4. The van der Waals surface area contributed by atoms with E-state index < -0.39 is 0 Å². The molecule has 5 nitrogen and oxygen atoms in total. The molecular formula is C24H29N3O2. The van der Waals surface area contributed by atoms with Crippen LogP contribution in [0.2, 0.25) is 0 Å². The van der Waals surface area contributed by atoms with Crippen LogP contribution in [-0.4, -0.2) is 31.5 Å². The molecule has 1 heterocycles. The van der Waals surface area contributed by atoms with Crippen molar-refractivity contribution >= 4 is 29.3 Å². The first-order valence-corrected chi connectivity index (χ1v) is 10.4. The quantitative estimate of drug-likeness (QED) is 0.589. The molecule has 1 aliphatic heterocycles. The van der Waals surface area contributed by atoms with Gasteiger partial charge < -0.3 is 9.64 Å². The number of benzene rings is 2. The van der Waals surface area contributed by atoms with Crippen molar-refractivity contribution in [1.82, 2.24) is 0 Å². The van der Waals surface area contributed by atoms with Gasteiger partial charge in [0.2, 0.25) is 5.90 Å². The molecule has 0 bridgehead atoms. The van der Waals surface area contributed by atoms with Gasteiger partial charge in [-0.3, -0.25) is 4.79 Å². The lowest BCUT2D eigenvalue weighted by atomic mass is 10.1. The normalized spacial score (nSPS) is 15.0. The Labute approximate surface area is 173 Å². The Morgan fingerprint density at radius 2 is 1.62 bits per heavy atom. The number of para-hydroxylation sites is 1. The van der Waals surface area contributed by atoms with Crippen molar-refractivity contribution in [3.8, 4) is 0 Å². The third-order valence-electron chi connectivity index (χ3n) is 4.68. The van der Waals surface area contributed by atoms with Crippen LogP contribution >= 0.6 is 0 Å². The average molecular weight is 392 g/mol. The molecule has 5 heteroatoms. The standard InChI is InChI=1S/C24H29N3O2/c1-4-16-26(17-5-2)20-14-12-19(13-15-20)18-22-23(29-6-3)25-27(24(22)28)21-10-8-7-9-11-21/h7-15,18H,4-6,16-17H2,1-3H3. The highest BCUT2D eigenvalue weighted by Gasteiger charge is 2.32. The number of nitrogens with zero attached hydrogens (tertiary/aromatic N) is 3. The lowest BCUT2D eigenvalue weighted by Crippen LogP contribution is -2.24. The molecule has 0 atom stereocenters. The van der Waals surface area contributed by atoms with Crippen LogP contribution in [0.25, 0.3) is 6.08 Å². The smallest absolute Gasteiger partial charge is 0.284 e. The van der Waals surface area contributed by atoms with Crippen LogP contribution in [0.1, 0.15) is 39.2 Å². The number of carbonyl (C=O) groups excluding carboxylic acids is 1. The van der Waals surface area contributed by atoms with Gasteiger partial charge in [0, 0.05) is 18.8 Å². The van der Waals surface area contributed by atoms with E-state index in [2.05, 4.69) is 36.0 Å². The van der Waals surface area contributed by atoms with Crippen LogP contribution in [0.15, 0.2) is 65.3 Å². The van der Waals surface area contributed by atoms with Gasteiger partial charge in [-0.05, 0) is 55.7 Å². The second-order valence-electron chi connectivity index (χ2n) is 6.93. The van der Waals surface area contributed by atoms with Gasteiger partial charge in [0.05, 0.1) is 12.3 Å². The molecule has 0 fully saturated rings. The number of carbonyl (C=O) groups is 1. The van der Waals surface area contributed by atoms with Crippen LogP contribution in [0.5, 0.6) is 0 Å². The molecule has 1 amide bonds. The molecule has 0 aromatic heterocycles. The number of ether oxygens (including phenoxy) is 1. The van der Waals surface area contributed by atoms with E-state index in [1.54, 1.807) is 0 Å². The van der Waals surface area contributed by atoms with Gasteiger partial charge in [0.15, 0.2) is 0 Å². The molecule has 2 aromatic rings. The highest BCUT2D eigenvalue weighted by atomic mass is 16.5. The van der Waals surface area contributed by atoms with Crippen LogP contribution in [0.4, 0.5) is 11.4 Å². The maximum atomic E-state index is 13.0. The van der Waals surface area contributed by atoms with Crippen molar-refractivity contribution in [2.45, 2.75) is 33.6 Å². The van der Waals surface area contributed by atoms with Crippen molar-refractivity contribution < 1.29 is 9.53 Å². The fraction of sp³-hybridized carbons (Fsp3) is 0.333. The molecule has 152 valence electrons. The maximum absolute atomic E-state index is 13.0. The summed E-state index contributed by atoms with van der Waals surface area (Å²) < 4.78 is 5.65. The molecular weight excluding hydrogens is 362 g/mol. The first-order chi connectivity index (χ1) is 14.2. The highest BCUT2D eigenvalue weighted by Crippen LogP contribution is 2.26. The van der Waals surface area contributed by atoms with Crippen molar-refractivity contribution in [3.05, 3.63) is 65.7 Å². The van der Waals surface area contributed by atoms with Crippen molar-refractivity contribution in [1.29, 1.82) is 0 Å². The maximum Gasteiger partial charge on any atom is 0.284 e. The molecule has 2 aromatic carbocycles. The van der Waals surface area contributed by atoms with Crippen molar-refractivity contribution in [2.24, 2.45) is 5.10 Å². The van der Waals surface area contributed by atoms with Crippen LogP contribution in [-0.2, 0) is 9.53 Å². The fourth-order valence-electron chi connectivity index (χ4n) is 3.36. The first-order valence-electron chi connectivity index (χ1n) is 10.4. The van der Waals surface area contributed by atoms with E-state index in [1.807, 2.05) is 55.5 Å². The van der Waals surface area contributed by atoms with Crippen molar-refractivity contribution in [2.75, 3.05) is 29.6 Å². The Morgan fingerprint density at radius 1 is 0.966 bits per heavy atom. The van der Waals surface area contributed by atoms with Gasteiger partial charge in [-0.1, -0.05) is 44.2 Å². The van der Waals surface area contributed by atoms with Gasteiger partial charge in [0.1, 0.15) is 5.57 Å². The summed E-state index contributed by atoms with van der Waals surface area (Å²) in [4.78, 5) is 15.4. The number of amides is 1. The first kappa shape index (κ1) is 20.6. The fourth-order valence-corrected chi connectivity index (χ4v) is 3.36. The molecule has 0 spiro atoms. The van der Waals surface area contributed by atoms with Gasteiger partial charge in [-0.25, -0.2) is 0 Å². The molecule has 0 unspecified atom stereocenters. The largest absolute Gasteiger partial charge is 0.476 e. The van der Waals surface area contributed by atoms with E-state index in [4.69, 9.17) is 4.74 Å². The molecule has 29 heavy (non-hydrogen) atoms. The van der Waals surface area contributed by atoms with Crippen LogP contribution < -0.4 is 9.91 Å². The van der Waals surface area contributed by atoms with Gasteiger partial charge in [0.25, 0.3) is 5.91 Å². The SMILES string of the molecule is CCCN(CCC)c1ccc(C=C2C(=O)N(c3ccccc3)N=C2OCC)cc1. The van der Waals surface area contributed by atoms with E-state index in [9.17, 15) is 4.79 Å². The van der Waals surface area contributed by atoms with E-state index in [-0.39, 0.29) is 5.91 Å². The van der Waals surface area contributed by atoms with E-state index in [0.717, 1.165) is 37.2 Å². The summed E-state index contributed by atoms with van der Waals surface area (Å²) in [5.74, 6) is 0.186. The molecule has 0 saturated carbocycles. The summed E-state index contributed by atoms with van der Waals surface area (Å²) in [6.45, 7) is 8.81. The van der Waals surface area contributed by atoms with Gasteiger partial charge >= 0.3 is 0 Å². The molecule has 0 saturated heterocycles. The minimum atomic E-state index is -0.178. The topological polar surface area (TPSA) is 45.1 Å². The van der Waals surface area contributed by atoms with Crippen LogP contribution in [0.3, 0.4) is 0 Å². The van der Waals surface area contributed by atoms with Crippen molar-refractivity contribution in [3.63, 3.8) is 0 Å². The monoisotopic (exact) mass is 391 g/mol. The third kappa shape index (κ3) is 4.86. The lowest BCUT2D eigenvalue weighted by Gasteiger charge is -2.23. The molecule has 3 rings (SSSR count). The minimum Gasteiger partial charge on any atom is -0.476 e. The second-order valence-corrected chi connectivity index (χ2v) is 6.93. The van der Waals surface area contributed by atoms with E-state index >= 15 is 0 Å². The predicted octanol–water partition coefficient (Wildman–Crippen LogP) is 5.09. The highest BCUT2D eigenvalue weighted by molar-refractivity contribution is 6.30. The second kappa shape index (κ2) is 9.92. The lowest BCUT2D eigenvalue weighted by molar-refractivity contribution is -0.114. The van der Waals surface area contributed by atoms with E-state index in [0.29, 0.717) is 18.1 Å². The average Bonchev–Trinajstić information content (AvgIpc) is 3.05. The summed E-state index contributed by atoms with van der Waals surface area (Å²) in [5.41, 5.74) is 3.36. The number of rotatable bonds is 8. The Balaban J connectivity index is 1.86. The molecule has 0 aliphatic carbocycles. The zero-order valence-corrected chi connectivity index (χ0v) is 17.5.